The van der Waals surface area contributed by atoms with Gasteiger partial charge in [-0.05, 0) is 26.9 Å². The Bertz CT molecular complexity index is 246. The van der Waals surface area contributed by atoms with Gasteiger partial charge in [-0.1, -0.05) is 6.92 Å². The van der Waals surface area contributed by atoms with Crippen LogP contribution in [0.1, 0.15) is 26.7 Å². The molecule has 0 radical (unpaired) electrons. The Morgan fingerprint density at radius 2 is 2.06 bits per heavy atom. The maximum atomic E-state index is 11.4. The minimum atomic E-state index is -0.844. The minimum absolute atomic E-state index is 0.0695. The summed E-state index contributed by atoms with van der Waals surface area (Å²) in [4.78, 5) is 23.8. The number of nitrogens with one attached hydrogen (secondary N) is 2. The van der Waals surface area contributed by atoms with E-state index in [2.05, 4.69) is 15.5 Å². The molecule has 17 heavy (non-hydrogen) atoms. The molecule has 0 fully saturated rings. The molecule has 0 rings (SSSR count). The predicted octanol–water partition coefficient (Wildman–Crippen LogP) is 0.491. The van der Waals surface area contributed by atoms with Crippen LogP contribution in [-0.2, 0) is 4.79 Å². The molecule has 6 nitrogen and oxygen atoms in total. The van der Waals surface area contributed by atoms with Crippen LogP contribution in [0.2, 0.25) is 0 Å². The van der Waals surface area contributed by atoms with Crippen molar-refractivity contribution in [3.8, 4) is 0 Å². The smallest absolute Gasteiger partial charge is 0.315 e. The number of amides is 2. The maximum absolute atomic E-state index is 11.4. The number of likely N-dealkylation sites (N-methyl/N-ethyl adjacent to an activating group) is 1. The van der Waals surface area contributed by atoms with Gasteiger partial charge in [0, 0.05) is 25.6 Å². The molecule has 0 saturated heterocycles. The van der Waals surface area contributed by atoms with Gasteiger partial charge < -0.3 is 20.6 Å². The highest BCUT2D eigenvalue weighted by Gasteiger charge is 2.08. The Morgan fingerprint density at radius 3 is 2.59 bits per heavy atom. The van der Waals surface area contributed by atoms with Gasteiger partial charge in [0.15, 0.2) is 0 Å². The lowest BCUT2D eigenvalue weighted by molar-refractivity contribution is -0.137. The fraction of sp³-hybridized carbons (Fsp3) is 0.818. The summed E-state index contributed by atoms with van der Waals surface area (Å²) in [5.41, 5.74) is 0. The van der Waals surface area contributed by atoms with E-state index in [4.69, 9.17) is 5.11 Å². The second-order valence-corrected chi connectivity index (χ2v) is 4.13. The van der Waals surface area contributed by atoms with E-state index in [1.54, 1.807) is 6.92 Å². The lowest BCUT2D eigenvalue weighted by Gasteiger charge is -2.16. The van der Waals surface area contributed by atoms with Crippen molar-refractivity contribution < 1.29 is 14.7 Å². The molecule has 0 aromatic heterocycles. The first kappa shape index (κ1) is 15.7. The van der Waals surface area contributed by atoms with Crippen LogP contribution in [0.3, 0.4) is 0 Å². The number of carbonyl (C=O) groups is 2. The number of nitrogens with zero attached hydrogens (tertiary/aromatic N) is 1. The van der Waals surface area contributed by atoms with E-state index in [-0.39, 0.29) is 18.5 Å². The summed E-state index contributed by atoms with van der Waals surface area (Å²) in [6.45, 7) is 6.17. The summed E-state index contributed by atoms with van der Waals surface area (Å²) in [6.07, 6.45) is 0.512. The zero-order valence-electron chi connectivity index (χ0n) is 10.8. The van der Waals surface area contributed by atoms with E-state index in [1.807, 2.05) is 14.0 Å². The topological polar surface area (TPSA) is 81.7 Å². The van der Waals surface area contributed by atoms with Crippen LogP contribution in [0.25, 0.3) is 0 Å². The van der Waals surface area contributed by atoms with Gasteiger partial charge in [0.2, 0.25) is 0 Å². The van der Waals surface area contributed by atoms with E-state index < -0.39 is 5.97 Å². The fourth-order valence-electron chi connectivity index (χ4n) is 1.21. The normalized spacial score (nSPS) is 12.2. The van der Waals surface area contributed by atoms with Gasteiger partial charge in [0.05, 0.1) is 0 Å². The van der Waals surface area contributed by atoms with Crippen LogP contribution in [0.5, 0.6) is 0 Å². The van der Waals surface area contributed by atoms with Crippen LogP contribution in [0.4, 0.5) is 4.79 Å². The third-order valence-electron chi connectivity index (χ3n) is 2.49. The molecule has 0 aromatic carbocycles. The van der Waals surface area contributed by atoms with Crippen molar-refractivity contribution in [1.82, 2.24) is 15.5 Å². The zero-order chi connectivity index (χ0) is 13.3. The van der Waals surface area contributed by atoms with E-state index >= 15 is 0 Å². The zero-order valence-corrected chi connectivity index (χ0v) is 10.8. The van der Waals surface area contributed by atoms with E-state index in [9.17, 15) is 9.59 Å². The fourth-order valence-corrected chi connectivity index (χ4v) is 1.21. The van der Waals surface area contributed by atoms with Crippen molar-refractivity contribution in [2.24, 2.45) is 0 Å². The van der Waals surface area contributed by atoms with Gasteiger partial charge in [-0.15, -0.1) is 0 Å². The second kappa shape index (κ2) is 8.81. The largest absolute Gasteiger partial charge is 0.481 e. The first-order valence-corrected chi connectivity index (χ1v) is 5.90. The lowest BCUT2D eigenvalue weighted by atomic mass is 10.2. The molecule has 0 bridgehead atoms. The van der Waals surface area contributed by atoms with Gasteiger partial charge in [0.1, 0.15) is 0 Å². The first-order valence-electron chi connectivity index (χ1n) is 5.90. The molecular formula is C11H23N3O3. The van der Waals surface area contributed by atoms with Gasteiger partial charge in [0.25, 0.3) is 0 Å². The molecule has 0 aliphatic rings. The molecular weight excluding hydrogens is 222 g/mol. The monoisotopic (exact) mass is 245 g/mol. The molecule has 0 aliphatic heterocycles. The Hall–Kier alpha value is -1.30. The van der Waals surface area contributed by atoms with Crippen LogP contribution in [0, 0.1) is 0 Å². The molecule has 1 atom stereocenters. The number of urea groups is 1. The molecule has 3 N–H and O–H groups in total. The number of rotatable bonds is 8. The third kappa shape index (κ3) is 9.62. The van der Waals surface area contributed by atoms with Crippen LogP contribution < -0.4 is 10.6 Å². The Balaban J connectivity index is 3.60. The average Bonchev–Trinajstić information content (AvgIpc) is 2.26. The van der Waals surface area contributed by atoms with Crippen molar-refractivity contribution in [2.75, 3.05) is 26.7 Å². The van der Waals surface area contributed by atoms with Gasteiger partial charge >= 0.3 is 12.0 Å². The Kier molecular flexibility index (Phi) is 8.13. The predicted molar refractivity (Wildman–Crippen MR) is 66.0 cm³/mol. The van der Waals surface area contributed by atoms with Crippen LogP contribution >= 0.6 is 0 Å². The van der Waals surface area contributed by atoms with Crippen molar-refractivity contribution in [2.45, 2.75) is 32.7 Å². The Labute approximate surface area is 102 Å². The number of carbonyl (C=O) groups excluding carboxylic acids is 1. The molecule has 100 valence electrons. The van der Waals surface area contributed by atoms with Gasteiger partial charge in [-0.25, -0.2) is 4.79 Å². The van der Waals surface area contributed by atoms with E-state index in [0.29, 0.717) is 13.0 Å². The first-order chi connectivity index (χ1) is 7.95. The number of hydrogen-bond donors (Lipinski definition) is 3. The van der Waals surface area contributed by atoms with Crippen LogP contribution in [0.15, 0.2) is 0 Å². The Morgan fingerprint density at radius 1 is 1.41 bits per heavy atom. The molecule has 1 unspecified atom stereocenters. The summed E-state index contributed by atoms with van der Waals surface area (Å²) in [7, 11) is 1.98. The molecule has 0 heterocycles. The number of carboxylic acids is 1. The second-order valence-electron chi connectivity index (χ2n) is 4.13. The van der Waals surface area contributed by atoms with Crippen molar-refractivity contribution in [3.63, 3.8) is 0 Å². The molecule has 0 aliphatic carbocycles. The molecule has 6 heteroatoms. The maximum Gasteiger partial charge on any atom is 0.315 e. The molecule has 2 amide bonds. The van der Waals surface area contributed by atoms with Gasteiger partial charge in [-0.2, -0.15) is 0 Å². The number of aliphatic carboxylic acids is 1. The van der Waals surface area contributed by atoms with E-state index in [1.165, 1.54) is 0 Å². The summed E-state index contributed by atoms with van der Waals surface area (Å²) in [5, 5.41) is 13.9. The quantitative estimate of drug-likeness (QED) is 0.581. The van der Waals surface area contributed by atoms with Gasteiger partial charge in [-0.3, -0.25) is 4.79 Å². The highest BCUT2D eigenvalue weighted by Crippen LogP contribution is 1.95. The summed E-state index contributed by atoms with van der Waals surface area (Å²) in [5.74, 6) is -0.844. The summed E-state index contributed by atoms with van der Waals surface area (Å²) < 4.78 is 0. The summed E-state index contributed by atoms with van der Waals surface area (Å²) >= 11 is 0. The van der Waals surface area contributed by atoms with Crippen molar-refractivity contribution in [3.05, 3.63) is 0 Å². The SMILES string of the molecule is CCN(C)CCNC(=O)NC(C)CCC(=O)O. The minimum Gasteiger partial charge on any atom is -0.481 e. The number of hydrogen-bond acceptors (Lipinski definition) is 3. The molecule has 0 aromatic rings. The average molecular weight is 245 g/mol. The van der Waals surface area contributed by atoms with Crippen LogP contribution in [-0.4, -0.2) is 54.7 Å². The highest BCUT2D eigenvalue weighted by atomic mass is 16.4. The van der Waals surface area contributed by atoms with Crippen molar-refractivity contribution in [1.29, 1.82) is 0 Å². The number of carboxylic acid groups (broad SMARTS) is 1. The third-order valence-corrected chi connectivity index (χ3v) is 2.49. The molecule has 0 saturated carbocycles. The molecule has 0 spiro atoms. The summed E-state index contributed by atoms with van der Waals surface area (Å²) in [6, 6.07) is -0.373. The highest BCUT2D eigenvalue weighted by molar-refractivity contribution is 5.74. The standard InChI is InChI=1S/C11H23N3O3/c1-4-14(3)8-7-12-11(17)13-9(2)5-6-10(15)16/h9H,4-8H2,1-3H3,(H,15,16)(H2,12,13,17). The van der Waals surface area contributed by atoms with Crippen molar-refractivity contribution >= 4 is 12.0 Å². The van der Waals surface area contributed by atoms with E-state index in [0.717, 1.165) is 13.1 Å². The lowest BCUT2D eigenvalue weighted by Crippen LogP contribution is -2.43.